The van der Waals surface area contributed by atoms with Crippen LogP contribution in [0, 0.1) is 5.92 Å². The number of hydrogen-bond acceptors (Lipinski definition) is 5. The second-order valence-corrected chi connectivity index (χ2v) is 4.95. The van der Waals surface area contributed by atoms with Crippen LogP contribution in [0.3, 0.4) is 0 Å². The van der Waals surface area contributed by atoms with Crippen LogP contribution in [0.25, 0.3) is 0 Å². The summed E-state index contributed by atoms with van der Waals surface area (Å²) in [7, 11) is 0. The number of carboxylic acid groups (broad SMARTS) is 1. The Kier molecular flexibility index (Phi) is 4.81. The maximum absolute atomic E-state index is 10.4. The zero-order valence-corrected chi connectivity index (χ0v) is 11.4. The monoisotopic (exact) mass is 281 g/mol. The fourth-order valence-corrected chi connectivity index (χ4v) is 1.87. The lowest BCUT2D eigenvalue weighted by atomic mass is 10.1. The van der Waals surface area contributed by atoms with Crippen LogP contribution in [-0.4, -0.2) is 37.5 Å². The van der Waals surface area contributed by atoms with E-state index in [1.165, 1.54) is 0 Å². The molecule has 0 bridgehead atoms. The standard InChI is InChI=1S/C14H19NO5/c1-9-5-19-12-3-2-10(4-13(12)20-6-9)11(15)7-18-8-14(16)17/h2-4,9,11H,5-8,15H2,1H3,(H,16,17). The molecule has 6 heteroatoms. The van der Waals surface area contributed by atoms with Gasteiger partial charge in [0.1, 0.15) is 6.61 Å². The van der Waals surface area contributed by atoms with Crippen molar-refractivity contribution < 1.29 is 24.1 Å². The van der Waals surface area contributed by atoms with Crippen LogP contribution < -0.4 is 15.2 Å². The highest BCUT2D eigenvalue weighted by Crippen LogP contribution is 2.32. The van der Waals surface area contributed by atoms with Gasteiger partial charge in [0, 0.05) is 5.92 Å². The number of carbonyl (C=O) groups is 1. The summed E-state index contributed by atoms with van der Waals surface area (Å²) in [5, 5.41) is 8.51. The van der Waals surface area contributed by atoms with E-state index in [-0.39, 0.29) is 13.2 Å². The average molecular weight is 281 g/mol. The molecule has 1 aromatic carbocycles. The number of benzene rings is 1. The molecule has 0 amide bonds. The minimum absolute atomic E-state index is 0.141. The third-order valence-electron chi connectivity index (χ3n) is 2.97. The molecule has 1 aliphatic rings. The normalized spacial score (nSPS) is 19.2. The van der Waals surface area contributed by atoms with E-state index < -0.39 is 12.0 Å². The Balaban J connectivity index is 2.01. The predicted octanol–water partition coefficient (Wildman–Crippen LogP) is 1.19. The third-order valence-corrected chi connectivity index (χ3v) is 2.97. The summed E-state index contributed by atoms with van der Waals surface area (Å²) in [5.74, 6) is 0.695. The van der Waals surface area contributed by atoms with Gasteiger partial charge in [0.2, 0.25) is 0 Å². The Bertz CT molecular complexity index is 477. The Morgan fingerprint density at radius 2 is 2.15 bits per heavy atom. The van der Waals surface area contributed by atoms with Gasteiger partial charge in [-0.05, 0) is 17.7 Å². The van der Waals surface area contributed by atoms with Crippen molar-refractivity contribution in [3.63, 3.8) is 0 Å². The molecule has 2 unspecified atom stereocenters. The molecule has 110 valence electrons. The van der Waals surface area contributed by atoms with E-state index in [9.17, 15) is 4.79 Å². The zero-order chi connectivity index (χ0) is 14.5. The summed E-state index contributed by atoms with van der Waals surface area (Å²) in [6.07, 6.45) is 0. The minimum atomic E-state index is -1.01. The van der Waals surface area contributed by atoms with Gasteiger partial charge < -0.3 is 25.1 Å². The van der Waals surface area contributed by atoms with Gasteiger partial charge in [-0.25, -0.2) is 4.79 Å². The molecule has 0 fully saturated rings. The fourth-order valence-electron chi connectivity index (χ4n) is 1.87. The molecule has 0 radical (unpaired) electrons. The molecule has 20 heavy (non-hydrogen) atoms. The van der Waals surface area contributed by atoms with Crippen molar-refractivity contribution in [2.24, 2.45) is 11.7 Å². The molecule has 0 aromatic heterocycles. The van der Waals surface area contributed by atoms with E-state index in [2.05, 4.69) is 6.92 Å². The molecular weight excluding hydrogens is 262 g/mol. The summed E-state index contributed by atoms with van der Waals surface area (Å²) < 4.78 is 16.3. The van der Waals surface area contributed by atoms with Crippen LogP contribution in [0.4, 0.5) is 0 Å². The van der Waals surface area contributed by atoms with E-state index in [0.29, 0.717) is 30.6 Å². The highest BCUT2D eigenvalue weighted by atomic mass is 16.5. The minimum Gasteiger partial charge on any atom is -0.489 e. The molecule has 0 spiro atoms. The van der Waals surface area contributed by atoms with E-state index in [1.807, 2.05) is 18.2 Å². The molecule has 3 N–H and O–H groups in total. The van der Waals surface area contributed by atoms with E-state index in [0.717, 1.165) is 5.56 Å². The van der Waals surface area contributed by atoms with E-state index in [1.54, 1.807) is 0 Å². The number of fused-ring (bicyclic) bond motifs is 1. The Hall–Kier alpha value is -1.79. The lowest BCUT2D eigenvalue weighted by Gasteiger charge is -2.14. The van der Waals surface area contributed by atoms with E-state index in [4.69, 9.17) is 25.1 Å². The first-order valence-corrected chi connectivity index (χ1v) is 6.51. The van der Waals surface area contributed by atoms with Crippen molar-refractivity contribution in [3.05, 3.63) is 23.8 Å². The summed E-state index contributed by atoms with van der Waals surface area (Å²) in [5.41, 5.74) is 6.79. The first kappa shape index (κ1) is 14.6. The molecule has 6 nitrogen and oxygen atoms in total. The quantitative estimate of drug-likeness (QED) is 0.842. The summed E-state index contributed by atoms with van der Waals surface area (Å²) >= 11 is 0. The number of nitrogens with two attached hydrogens (primary N) is 1. The lowest BCUT2D eigenvalue weighted by molar-refractivity contribution is -0.142. The van der Waals surface area contributed by atoms with Crippen molar-refractivity contribution in [2.45, 2.75) is 13.0 Å². The van der Waals surface area contributed by atoms with Crippen molar-refractivity contribution in [1.29, 1.82) is 0 Å². The Morgan fingerprint density at radius 3 is 2.85 bits per heavy atom. The second-order valence-electron chi connectivity index (χ2n) is 4.95. The average Bonchev–Trinajstić information content (AvgIpc) is 2.60. The van der Waals surface area contributed by atoms with Crippen molar-refractivity contribution in [1.82, 2.24) is 0 Å². The number of ether oxygens (including phenoxy) is 3. The largest absolute Gasteiger partial charge is 0.489 e. The molecule has 0 saturated carbocycles. The fraction of sp³-hybridized carbons (Fsp3) is 0.500. The number of carboxylic acids is 1. The van der Waals surface area contributed by atoms with Crippen molar-refractivity contribution >= 4 is 5.97 Å². The maximum atomic E-state index is 10.4. The van der Waals surface area contributed by atoms with Gasteiger partial charge in [0.25, 0.3) is 0 Å². The summed E-state index contributed by atoms with van der Waals surface area (Å²) in [6, 6.07) is 5.08. The first-order chi connectivity index (χ1) is 9.56. The van der Waals surface area contributed by atoms with Gasteiger partial charge in [0.15, 0.2) is 11.5 Å². The lowest BCUT2D eigenvalue weighted by Crippen LogP contribution is -2.19. The number of aliphatic carboxylic acids is 1. The van der Waals surface area contributed by atoms with Gasteiger partial charge in [-0.3, -0.25) is 0 Å². The highest BCUT2D eigenvalue weighted by Gasteiger charge is 2.17. The SMILES string of the molecule is CC1COc2ccc(C(N)COCC(=O)O)cc2OC1. The van der Waals surface area contributed by atoms with Gasteiger partial charge >= 0.3 is 5.97 Å². The molecule has 1 heterocycles. The topological polar surface area (TPSA) is 91.0 Å². The Morgan fingerprint density at radius 1 is 1.45 bits per heavy atom. The molecule has 0 aliphatic carbocycles. The molecule has 1 aromatic rings. The molecular formula is C14H19NO5. The summed E-state index contributed by atoms with van der Waals surface area (Å²) in [4.78, 5) is 10.4. The number of hydrogen-bond donors (Lipinski definition) is 2. The van der Waals surface area contributed by atoms with Crippen LogP contribution in [0.15, 0.2) is 18.2 Å². The predicted molar refractivity (Wildman–Crippen MR) is 72.0 cm³/mol. The van der Waals surface area contributed by atoms with Crippen LogP contribution in [0.2, 0.25) is 0 Å². The van der Waals surface area contributed by atoms with Crippen LogP contribution in [-0.2, 0) is 9.53 Å². The van der Waals surface area contributed by atoms with Gasteiger partial charge in [0.05, 0.1) is 25.9 Å². The second kappa shape index (κ2) is 6.58. The maximum Gasteiger partial charge on any atom is 0.329 e. The molecule has 0 saturated heterocycles. The van der Waals surface area contributed by atoms with Crippen LogP contribution in [0.1, 0.15) is 18.5 Å². The Labute approximate surface area is 117 Å². The molecule has 2 rings (SSSR count). The molecule has 2 atom stereocenters. The van der Waals surface area contributed by atoms with Gasteiger partial charge in [-0.2, -0.15) is 0 Å². The first-order valence-electron chi connectivity index (χ1n) is 6.51. The van der Waals surface area contributed by atoms with Crippen molar-refractivity contribution in [2.75, 3.05) is 26.4 Å². The summed E-state index contributed by atoms with van der Waals surface area (Å²) in [6.45, 7) is 3.07. The smallest absolute Gasteiger partial charge is 0.329 e. The van der Waals surface area contributed by atoms with Crippen LogP contribution in [0.5, 0.6) is 11.5 Å². The van der Waals surface area contributed by atoms with Crippen molar-refractivity contribution in [3.8, 4) is 11.5 Å². The number of rotatable bonds is 5. The van der Waals surface area contributed by atoms with Gasteiger partial charge in [-0.15, -0.1) is 0 Å². The van der Waals surface area contributed by atoms with E-state index >= 15 is 0 Å². The zero-order valence-electron chi connectivity index (χ0n) is 11.4. The highest BCUT2D eigenvalue weighted by molar-refractivity contribution is 5.68. The van der Waals surface area contributed by atoms with Crippen LogP contribution >= 0.6 is 0 Å². The molecule has 1 aliphatic heterocycles. The van der Waals surface area contributed by atoms with Gasteiger partial charge in [-0.1, -0.05) is 13.0 Å². The third kappa shape index (κ3) is 3.85.